The molecule has 2 aliphatic heterocycles. The first-order valence-corrected chi connectivity index (χ1v) is 15.0. The van der Waals surface area contributed by atoms with Crippen molar-refractivity contribution in [1.29, 1.82) is 0 Å². The second kappa shape index (κ2) is 11.8. The van der Waals surface area contributed by atoms with Gasteiger partial charge >= 0.3 is 11.6 Å². The zero-order valence-electron chi connectivity index (χ0n) is 21.4. The van der Waals surface area contributed by atoms with E-state index in [1.807, 2.05) is 13.0 Å². The summed E-state index contributed by atoms with van der Waals surface area (Å²) in [4.78, 5) is 50.9. The van der Waals surface area contributed by atoms with Gasteiger partial charge in [0, 0.05) is 23.3 Å². The molecule has 3 heterocycles. The van der Waals surface area contributed by atoms with Crippen molar-refractivity contribution >= 4 is 51.7 Å². The lowest BCUT2D eigenvalue weighted by Gasteiger charge is -2.51. The molecule has 10 nitrogen and oxygen atoms in total. The smallest absolute Gasteiger partial charge is 0.353 e. The van der Waals surface area contributed by atoms with Gasteiger partial charge in [-0.3, -0.25) is 14.5 Å². The fourth-order valence-electron chi connectivity index (χ4n) is 4.78. The molecular formula is C28H26N2O8S2. The Bertz CT molecular complexity index is 1540. The standard InChI is InChI=1S/C28H26N2O8S2/c1-2-39-15-21-19(14-37-18-10-8-17-9-11-23(32)38-20(17)13-18)25(28(34)35)30-26(33)24(27(30)40(21)36)29-22(31)12-16-6-4-3-5-7-16/h3-11,13,21,24,27H,2,12,14-15H2,1H3,(H,29,31)(H,34,35)/t21-,24+,27+,40?/m0/s1. The van der Waals surface area contributed by atoms with E-state index in [1.165, 1.54) is 23.9 Å². The summed E-state index contributed by atoms with van der Waals surface area (Å²) in [5.41, 5.74) is 0.476. The first-order valence-electron chi connectivity index (χ1n) is 12.5. The van der Waals surface area contributed by atoms with Crippen molar-refractivity contribution in [2.45, 2.75) is 30.0 Å². The van der Waals surface area contributed by atoms with Gasteiger partial charge in [-0.1, -0.05) is 37.3 Å². The summed E-state index contributed by atoms with van der Waals surface area (Å²) in [5, 5.41) is 11.8. The average Bonchev–Trinajstić information content (AvgIpc) is 2.94. The van der Waals surface area contributed by atoms with E-state index >= 15 is 0 Å². The van der Waals surface area contributed by atoms with Crippen LogP contribution in [0.1, 0.15) is 12.5 Å². The zero-order valence-corrected chi connectivity index (χ0v) is 23.0. The lowest BCUT2D eigenvalue weighted by molar-refractivity contribution is -0.151. The van der Waals surface area contributed by atoms with Gasteiger partial charge in [-0.05, 0) is 40.7 Å². The summed E-state index contributed by atoms with van der Waals surface area (Å²) >= 11 is -0.233. The van der Waals surface area contributed by atoms with Gasteiger partial charge in [0.2, 0.25) is 11.3 Å². The van der Waals surface area contributed by atoms with Crippen LogP contribution < -0.4 is 15.7 Å². The third-order valence-corrected chi connectivity index (χ3v) is 9.84. The van der Waals surface area contributed by atoms with Crippen molar-refractivity contribution in [3.8, 4) is 5.75 Å². The molecule has 1 aromatic heterocycles. The Morgan fingerprint density at radius 1 is 1.15 bits per heavy atom. The largest absolute Gasteiger partial charge is 0.614 e. The van der Waals surface area contributed by atoms with E-state index in [0.29, 0.717) is 28.2 Å². The van der Waals surface area contributed by atoms with Gasteiger partial charge in [0.1, 0.15) is 23.6 Å². The Morgan fingerprint density at radius 2 is 1.90 bits per heavy atom. The number of rotatable bonds is 10. The number of amides is 2. The molecule has 3 aromatic rings. The minimum atomic E-state index is -1.72. The number of fused-ring (bicyclic) bond motifs is 2. The van der Waals surface area contributed by atoms with Gasteiger partial charge in [0.15, 0.2) is 11.3 Å². The molecule has 2 N–H and O–H groups in total. The fraction of sp³-hybridized carbons (Fsp3) is 0.286. The van der Waals surface area contributed by atoms with Crippen molar-refractivity contribution in [3.05, 3.63) is 87.9 Å². The SMILES string of the molecule is CCSC[C@H]1C(COc2ccc3ccc(=O)oc3c2)=C(C(=O)O)N2C(=O)[C@@H](NC(=O)Cc3ccccc3)[C@H]2[S+]1[O-]. The van der Waals surface area contributed by atoms with Crippen molar-refractivity contribution in [2.24, 2.45) is 0 Å². The molecule has 4 atom stereocenters. The van der Waals surface area contributed by atoms with Crippen molar-refractivity contribution in [1.82, 2.24) is 10.2 Å². The summed E-state index contributed by atoms with van der Waals surface area (Å²) in [6.07, 6.45) is 0.0334. The van der Waals surface area contributed by atoms with Crippen LogP contribution in [0.15, 0.2) is 81.1 Å². The molecule has 0 saturated carbocycles. The van der Waals surface area contributed by atoms with Crippen LogP contribution in [0.5, 0.6) is 5.75 Å². The lowest BCUT2D eigenvalue weighted by Crippen LogP contribution is -2.76. The van der Waals surface area contributed by atoms with Crippen LogP contribution in [0.4, 0.5) is 0 Å². The summed E-state index contributed by atoms with van der Waals surface area (Å²) in [5.74, 6) is -1.04. The molecule has 1 saturated heterocycles. The maximum absolute atomic E-state index is 13.8. The molecule has 0 spiro atoms. The van der Waals surface area contributed by atoms with Crippen LogP contribution >= 0.6 is 11.8 Å². The molecule has 2 aliphatic rings. The van der Waals surface area contributed by atoms with Gasteiger partial charge < -0.3 is 24.1 Å². The van der Waals surface area contributed by atoms with Crippen LogP contribution in [0, 0.1) is 0 Å². The fourth-order valence-corrected chi connectivity index (χ4v) is 7.92. The van der Waals surface area contributed by atoms with Crippen molar-refractivity contribution in [2.75, 3.05) is 18.1 Å². The second-order valence-corrected chi connectivity index (χ2v) is 12.2. The Balaban J connectivity index is 1.41. The first kappa shape index (κ1) is 27.8. The highest BCUT2D eigenvalue weighted by molar-refractivity contribution is 8.01. The Hall–Kier alpha value is -3.74. The normalized spacial score (nSPS) is 22.1. The summed E-state index contributed by atoms with van der Waals surface area (Å²) in [6.45, 7) is 1.69. The molecule has 12 heteroatoms. The molecule has 2 amide bonds. The van der Waals surface area contributed by atoms with Gasteiger partial charge in [-0.2, -0.15) is 11.8 Å². The highest BCUT2D eigenvalue weighted by atomic mass is 32.2. The molecule has 208 valence electrons. The van der Waals surface area contributed by atoms with Crippen LogP contribution in [-0.2, 0) is 32.0 Å². The number of carboxylic acids is 1. The number of benzene rings is 2. The number of carbonyl (C=O) groups is 3. The van der Waals surface area contributed by atoms with Gasteiger partial charge in [-0.15, -0.1) is 0 Å². The van der Waals surface area contributed by atoms with Crippen LogP contribution in [0.25, 0.3) is 11.0 Å². The maximum Gasteiger partial charge on any atom is 0.353 e. The molecule has 0 bridgehead atoms. The summed E-state index contributed by atoms with van der Waals surface area (Å²) in [6, 6.07) is 15.7. The van der Waals surface area contributed by atoms with E-state index in [2.05, 4.69) is 5.32 Å². The van der Waals surface area contributed by atoms with E-state index in [4.69, 9.17) is 9.15 Å². The minimum Gasteiger partial charge on any atom is -0.614 e. The predicted octanol–water partition coefficient (Wildman–Crippen LogP) is 2.29. The van der Waals surface area contributed by atoms with Gasteiger partial charge in [-0.25, -0.2) is 9.59 Å². The highest BCUT2D eigenvalue weighted by Gasteiger charge is 2.63. The number of ether oxygens (including phenoxy) is 1. The van der Waals surface area contributed by atoms with Gasteiger partial charge in [0.05, 0.1) is 12.0 Å². The Morgan fingerprint density at radius 3 is 2.62 bits per heavy atom. The van der Waals surface area contributed by atoms with E-state index in [0.717, 1.165) is 10.5 Å². The molecule has 0 radical (unpaired) electrons. The van der Waals surface area contributed by atoms with Gasteiger partial charge in [0.25, 0.3) is 5.91 Å². The molecule has 1 unspecified atom stereocenters. The topological polar surface area (TPSA) is 149 Å². The van der Waals surface area contributed by atoms with Crippen LogP contribution in [-0.4, -0.2) is 67.1 Å². The maximum atomic E-state index is 13.8. The summed E-state index contributed by atoms with van der Waals surface area (Å²) in [7, 11) is 0. The Kier molecular flexibility index (Phi) is 8.19. The van der Waals surface area contributed by atoms with E-state index in [1.54, 1.807) is 42.5 Å². The molecule has 2 aromatic carbocycles. The quantitative estimate of drug-likeness (QED) is 0.209. The number of thioether (sulfide) groups is 1. The third kappa shape index (κ3) is 5.47. The zero-order chi connectivity index (χ0) is 28.4. The van der Waals surface area contributed by atoms with Crippen LogP contribution in [0.3, 0.4) is 0 Å². The van der Waals surface area contributed by atoms with Crippen molar-refractivity contribution < 1.29 is 33.2 Å². The highest BCUT2D eigenvalue weighted by Crippen LogP contribution is 2.41. The monoisotopic (exact) mass is 582 g/mol. The average molecular weight is 583 g/mol. The minimum absolute atomic E-state index is 0.0334. The number of hydrogen-bond acceptors (Lipinski definition) is 8. The van der Waals surface area contributed by atoms with Crippen LogP contribution in [0.2, 0.25) is 0 Å². The van der Waals surface area contributed by atoms with E-state index in [9.17, 15) is 28.8 Å². The number of nitrogens with one attached hydrogen (secondary N) is 1. The molecule has 40 heavy (non-hydrogen) atoms. The first-order chi connectivity index (χ1) is 19.3. The number of β-lactam (4-membered cyclic amide) rings is 1. The number of nitrogens with zero attached hydrogens (tertiary/aromatic N) is 1. The molecular weight excluding hydrogens is 556 g/mol. The number of aliphatic carboxylic acids is 1. The number of hydrogen-bond donors (Lipinski definition) is 2. The lowest BCUT2D eigenvalue weighted by atomic mass is 10.0. The van der Waals surface area contributed by atoms with Crippen molar-refractivity contribution in [3.63, 3.8) is 0 Å². The van der Waals surface area contributed by atoms with E-state index in [-0.39, 0.29) is 24.3 Å². The van der Waals surface area contributed by atoms with E-state index < -0.39 is 51.3 Å². The third-order valence-electron chi connectivity index (χ3n) is 6.68. The Labute approximate surface area is 236 Å². The molecule has 5 rings (SSSR count). The predicted molar refractivity (Wildman–Crippen MR) is 150 cm³/mol. The second-order valence-electron chi connectivity index (χ2n) is 9.20. The number of carbonyl (C=O) groups excluding carboxylic acids is 2. The summed E-state index contributed by atoms with van der Waals surface area (Å²) < 4.78 is 24.9. The number of carboxylic acid groups (broad SMARTS) is 1. The molecule has 1 fully saturated rings. The molecule has 0 aliphatic carbocycles.